The van der Waals surface area contributed by atoms with Gasteiger partial charge in [-0.05, 0) is 23.8 Å². The molecule has 19 heavy (non-hydrogen) atoms. The summed E-state index contributed by atoms with van der Waals surface area (Å²) in [5.74, 6) is 0.810. The van der Waals surface area contributed by atoms with E-state index in [2.05, 4.69) is 4.98 Å². The van der Waals surface area contributed by atoms with Crippen LogP contribution in [0.4, 0.5) is 0 Å². The Morgan fingerprint density at radius 2 is 2.05 bits per heavy atom. The van der Waals surface area contributed by atoms with Crippen molar-refractivity contribution in [2.24, 2.45) is 5.73 Å². The van der Waals surface area contributed by atoms with E-state index in [-0.39, 0.29) is 0 Å². The van der Waals surface area contributed by atoms with Gasteiger partial charge in [0.15, 0.2) is 0 Å². The molecule has 96 valence electrons. The van der Waals surface area contributed by atoms with E-state index in [1.807, 2.05) is 53.4 Å². The van der Waals surface area contributed by atoms with Crippen LogP contribution in [0.5, 0.6) is 5.75 Å². The molecule has 0 amide bonds. The molecule has 3 rings (SSSR count). The third-order valence-corrected chi connectivity index (χ3v) is 3.23. The first kappa shape index (κ1) is 11.7. The molecule has 0 atom stereocenters. The summed E-state index contributed by atoms with van der Waals surface area (Å²) < 4.78 is 7.33. The molecule has 4 nitrogen and oxygen atoms in total. The first-order valence-electron chi connectivity index (χ1n) is 6.13. The lowest BCUT2D eigenvalue weighted by Crippen LogP contribution is -2.04. The van der Waals surface area contributed by atoms with Crippen LogP contribution >= 0.6 is 0 Å². The molecule has 0 aliphatic carbocycles. The summed E-state index contributed by atoms with van der Waals surface area (Å²) in [6.07, 6.45) is 1.82. The van der Waals surface area contributed by atoms with Gasteiger partial charge in [-0.2, -0.15) is 0 Å². The molecule has 3 aromatic rings. The van der Waals surface area contributed by atoms with Crippen molar-refractivity contribution in [1.29, 1.82) is 0 Å². The first-order valence-corrected chi connectivity index (χ1v) is 6.13. The molecule has 0 saturated heterocycles. The van der Waals surface area contributed by atoms with E-state index in [1.54, 1.807) is 7.11 Å². The summed E-state index contributed by atoms with van der Waals surface area (Å²) in [4.78, 5) is 4.41. The van der Waals surface area contributed by atoms with Crippen LogP contribution in [0.25, 0.3) is 16.7 Å². The fraction of sp³-hybridized carbons (Fsp3) is 0.133. The lowest BCUT2D eigenvalue weighted by molar-refractivity contribution is 0.414. The van der Waals surface area contributed by atoms with E-state index in [4.69, 9.17) is 10.5 Å². The summed E-state index contributed by atoms with van der Waals surface area (Å²) in [6, 6.07) is 13.9. The number of imidazole rings is 1. The van der Waals surface area contributed by atoms with Crippen LogP contribution in [0.3, 0.4) is 0 Å². The predicted molar refractivity (Wildman–Crippen MR) is 75.5 cm³/mol. The van der Waals surface area contributed by atoms with Crippen molar-refractivity contribution >= 4 is 11.0 Å². The molecule has 0 fully saturated rings. The average Bonchev–Trinajstić information content (AvgIpc) is 2.90. The number of aromatic nitrogens is 2. The molecular formula is C15H15N3O. The fourth-order valence-corrected chi connectivity index (χ4v) is 2.22. The molecule has 0 bridgehead atoms. The van der Waals surface area contributed by atoms with Gasteiger partial charge < -0.3 is 10.5 Å². The zero-order valence-electron chi connectivity index (χ0n) is 10.7. The number of methoxy groups -OCH3 is 1. The summed E-state index contributed by atoms with van der Waals surface area (Å²) in [7, 11) is 1.66. The van der Waals surface area contributed by atoms with Gasteiger partial charge >= 0.3 is 0 Å². The maximum Gasteiger partial charge on any atom is 0.120 e. The van der Waals surface area contributed by atoms with Crippen LogP contribution in [0.1, 0.15) is 5.56 Å². The Balaban J connectivity index is 2.25. The van der Waals surface area contributed by atoms with Crippen molar-refractivity contribution in [2.45, 2.75) is 6.54 Å². The first-order chi connectivity index (χ1) is 9.33. The predicted octanol–water partition coefficient (Wildman–Crippen LogP) is 2.49. The van der Waals surface area contributed by atoms with E-state index in [1.165, 1.54) is 0 Å². The van der Waals surface area contributed by atoms with Gasteiger partial charge in [-0.1, -0.05) is 18.2 Å². The third-order valence-electron chi connectivity index (χ3n) is 3.23. The summed E-state index contributed by atoms with van der Waals surface area (Å²) in [5.41, 5.74) is 9.91. The number of rotatable bonds is 3. The molecule has 1 heterocycles. The molecule has 0 aliphatic rings. The van der Waals surface area contributed by atoms with Crippen LogP contribution in [0.2, 0.25) is 0 Å². The third kappa shape index (κ3) is 1.96. The van der Waals surface area contributed by atoms with Crippen molar-refractivity contribution in [2.75, 3.05) is 7.11 Å². The maximum absolute atomic E-state index is 5.82. The van der Waals surface area contributed by atoms with E-state index in [0.29, 0.717) is 6.54 Å². The van der Waals surface area contributed by atoms with Gasteiger partial charge in [-0.3, -0.25) is 4.57 Å². The zero-order valence-corrected chi connectivity index (χ0v) is 10.7. The topological polar surface area (TPSA) is 53.1 Å². The number of hydrogen-bond acceptors (Lipinski definition) is 3. The standard InChI is InChI=1S/C15H15N3O/c1-19-12-7-6-11(9-16)15(8-12)18-10-17-13-4-2-3-5-14(13)18/h2-8,10H,9,16H2,1H3. The number of fused-ring (bicyclic) bond motifs is 1. The Bertz CT molecular complexity index is 718. The summed E-state index contributed by atoms with van der Waals surface area (Å²) in [6.45, 7) is 0.478. The molecule has 0 radical (unpaired) electrons. The SMILES string of the molecule is COc1ccc(CN)c(-n2cnc3ccccc32)c1. The fourth-order valence-electron chi connectivity index (χ4n) is 2.22. The van der Waals surface area contributed by atoms with Crippen LogP contribution in [0, 0.1) is 0 Å². The number of para-hydroxylation sites is 2. The van der Waals surface area contributed by atoms with Gasteiger partial charge in [-0.25, -0.2) is 4.98 Å². The number of nitrogens with zero attached hydrogens (tertiary/aromatic N) is 2. The molecule has 2 N–H and O–H groups in total. The van der Waals surface area contributed by atoms with Crippen molar-refractivity contribution in [1.82, 2.24) is 9.55 Å². The lowest BCUT2D eigenvalue weighted by Gasteiger charge is -2.11. The number of hydrogen-bond donors (Lipinski definition) is 1. The van der Waals surface area contributed by atoms with E-state index in [9.17, 15) is 0 Å². The molecule has 2 aromatic carbocycles. The largest absolute Gasteiger partial charge is 0.497 e. The molecule has 0 spiro atoms. The average molecular weight is 253 g/mol. The minimum atomic E-state index is 0.478. The Hall–Kier alpha value is -2.33. The van der Waals surface area contributed by atoms with Crippen LogP contribution in [-0.2, 0) is 6.54 Å². The minimum absolute atomic E-state index is 0.478. The molecule has 0 aliphatic heterocycles. The zero-order chi connectivity index (χ0) is 13.2. The lowest BCUT2D eigenvalue weighted by atomic mass is 10.1. The van der Waals surface area contributed by atoms with Gasteiger partial charge in [-0.15, -0.1) is 0 Å². The summed E-state index contributed by atoms with van der Waals surface area (Å²) >= 11 is 0. The second kappa shape index (κ2) is 4.74. The maximum atomic E-state index is 5.82. The molecule has 0 unspecified atom stereocenters. The normalized spacial score (nSPS) is 10.8. The second-order valence-corrected chi connectivity index (χ2v) is 4.30. The van der Waals surface area contributed by atoms with Crippen molar-refractivity contribution in [3.8, 4) is 11.4 Å². The van der Waals surface area contributed by atoms with Gasteiger partial charge in [0.05, 0.1) is 23.8 Å². The molecule has 1 aromatic heterocycles. The Labute approximate surface area is 111 Å². The highest BCUT2D eigenvalue weighted by Crippen LogP contribution is 2.24. The van der Waals surface area contributed by atoms with Crippen molar-refractivity contribution in [3.63, 3.8) is 0 Å². The Morgan fingerprint density at radius 3 is 2.84 bits per heavy atom. The van der Waals surface area contributed by atoms with Crippen LogP contribution < -0.4 is 10.5 Å². The number of ether oxygens (including phenoxy) is 1. The van der Waals surface area contributed by atoms with Gasteiger partial charge in [0.1, 0.15) is 12.1 Å². The molecule has 4 heteroatoms. The van der Waals surface area contributed by atoms with E-state index >= 15 is 0 Å². The quantitative estimate of drug-likeness (QED) is 0.780. The Morgan fingerprint density at radius 1 is 1.21 bits per heavy atom. The molecular weight excluding hydrogens is 238 g/mol. The summed E-state index contributed by atoms with van der Waals surface area (Å²) in [5, 5.41) is 0. The monoisotopic (exact) mass is 253 g/mol. The molecule has 0 saturated carbocycles. The van der Waals surface area contributed by atoms with Crippen molar-refractivity contribution in [3.05, 3.63) is 54.4 Å². The van der Waals surface area contributed by atoms with Gasteiger partial charge in [0.25, 0.3) is 0 Å². The highest BCUT2D eigenvalue weighted by Gasteiger charge is 2.09. The second-order valence-electron chi connectivity index (χ2n) is 4.30. The Kier molecular flexibility index (Phi) is 2.93. The van der Waals surface area contributed by atoms with Crippen LogP contribution in [0.15, 0.2) is 48.8 Å². The van der Waals surface area contributed by atoms with E-state index < -0.39 is 0 Å². The highest BCUT2D eigenvalue weighted by molar-refractivity contribution is 5.77. The van der Waals surface area contributed by atoms with Crippen LogP contribution in [-0.4, -0.2) is 16.7 Å². The number of nitrogens with two attached hydrogens (primary N) is 1. The smallest absolute Gasteiger partial charge is 0.120 e. The minimum Gasteiger partial charge on any atom is -0.497 e. The van der Waals surface area contributed by atoms with Crippen molar-refractivity contribution < 1.29 is 4.74 Å². The number of benzene rings is 2. The van der Waals surface area contributed by atoms with E-state index in [0.717, 1.165) is 28.0 Å². The van der Waals surface area contributed by atoms with Gasteiger partial charge in [0, 0.05) is 12.6 Å². The van der Waals surface area contributed by atoms with Gasteiger partial charge in [0.2, 0.25) is 0 Å². The highest BCUT2D eigenvalue weighted by atomic mass is 16.5.